The van der Waals surface area contributed by atoms with E-state index in [2.05, 4.69) is 10.1 Å². The summed E-state index contributed by atoms with van der Waals surface area (Å²) in [5.41, 5.74) is 8.02. The minimum absolute atomic E-state index is 0.294. The number of anilines is 1. The lowest BCUT2D eigenvalue weighted by Crippen LogP contribution is -1.98. The van der Waals surface area contributed by atoms with E-state index < -0.39 is 0 Å². The maximum atomic E-state index is 5.95. The van der Waals surface area contributed by atoms with Gasteiger partial charge in [0.2, 0.25) is 0 Å². The molecular formula is C14H13ClN4O. The maximum absolute atomic E-state index is 5.95. The number of nitrogens with zero attached hydrogens (tertiary/aromatic N) is 3. The minimum Gasteiger partial charge on any atom is -0.486 e. The molecule has 0 spiro atoms. The summed E-state index contributed by atoms with van der Waals surface area (Å²) in [6.45, 7) is 2.32. The molecule has 0 amide bonds. The quantitative estimate of drug-likeness (QED) is 0.805. The molecule has 2 heterocycles. The van der Waals surface area contributed by atoms with Crippen molar-refractivity contribution in [3.05, 3.63) is 52.9 Å². The number of aryl methyl sites for hydroxylation is 1. The maximum Gasteiger partial charge on any atom is 0.189 e. The summed E-state index contributed by atoms with van der Waals surface area (Å²) in [5, 5.41) is 4.76. The number of benzene rings is 1. The number of halogens is 1. The van der Waals surface area contributed by atoms with Gasteiger partial charge in [-0.2, -0.15) is 0 Å². The monoisotopic (exact) mass is 288 g/mol. The first-order valence-electron chi connectivity index (χ1n) is 6.11. The number of pyridine rings is 1. The van der Waals surface area contributed by atoms with Gasteiger partial charge in [0.15, 0.2) is 11.5 Å². The summed E-state index contributed by atoms with van der Waals surface area (Å²) in [4.78, 5) is 4.33. The molecule has 0 radical (unpaired) electrons. The average Bonchev–Trinajstić information content (AvgIpc) is 2.80. The number of fused-ring (bicyclic) bond motifs is 1. The van der Waals surface area contributed by atoms with Crippen molar-refractivity contribution in [2.24, 2.45) is 0 Å². The predicted octanol–water partition coefficient (Wildman–Crippen LogP) is 2.85. The third kappa shape index (κ3) is 2.53. The van der Waals surface area contributed by atoms with Crippen molar-refractivity contribution in [3.8, 4) is 5.75 Å². The summed E-state index contributed by atoms with van der Waals surface area (Å²) in [6, 6.07) is 9.50. The van der Waals surface area contributed by atoms with Gasteiger partial charge in [-0.3, -0.25) is 0 Å². The zero-order valence-corrected chi connectivity index (χ0v) is 11.6. The highest BCUT2D eigenvalue weighted by Gasteiger charge is 2.07. The SMILES string of the molecule is Cc1ccc(OCc2nc3cc(Cl)c(N)cn3n2)cc1. The molecule has 2 N–H and O–H groups in total. The third-order valence-electron chi connectivity index (χ3n) is 2.88. The molecule has 0 aliphatic rings. The van der Waals surface area contributed by atoms with Crippen molar-refractivity contribution in [1.82, 2.24) is 14.6 Å². The van der Waals surface area contributed by atoms with E-state index in [0.717, 1.165) is 5.75 Å². The van der Waals surface area contributed by atoms with Crippen LogP contribution in [0.1, 0.15) is 11.4 Å². The highest BCUT2D eigenvalue weighted by Crippen LogP contribution is 2.19. The number of nitrogens with two attached hydrogens (primary N) is 1. The molecule has 0 atom stereocenters. The molecule has 102 valence electrons. The summed E-state index contributed by atoms with van der Waals surface area (Å²) >= 11 is 5.95. The number of aromatic nitrogens is 3. The Morgan fingerprint density at radius 3 is 2.80 bits per heavy atom. The first kappa shape index (κ1) is 12.7. The molecule has 20 heavy (non-hydrogen) atoms. The summed E-state index contributed by atoms with van der Waals surface area (Å²) in [7, 11) is 0. The van der Waals surface area contributed by atoms with Gasteiger partial charge in [-0.25, -0.2) is 9.50 Å². The Morgan fingerprint density at radius 1 is 1.30 bits per heavy atom. The largest absolute Gasteiger partial charge is 0.486 e. The Bertz CT molecular complexity index is 713. The number of rotatable bonds is 3. The van der Waals surface area contributed by atoms with E-state index in [-0.39, 0.29) is 0 Å². The van der Waals surface area contributed by atoms with Crippen LogP contribution in [0.15, 0.2) is 36.5 Å². The van der Waals surface area contributed by atoms with Gasteiger partial charge >= 0.3 is 0 Å². The summed E-state index contributed by atoms with van der Waals surface area (Å²) in [6.07, 6.45) is 1.64. The van der Waals surface area contributed by atoms with Crippen LogP contribution in [-0.2, 0) is 6.61 Å². The lowest BCUT2D eigenvalue weighted by molar-refractivity contribution is 0.296. The van der Waals surface area contributed by atoms with Crippen LogP contribution in [0.3, 0.4) is 0 Å². The molecule has 3 aromatic rings. The molecule has 0 aliphatic heterocycles. The standard InChI is InChI=1S/C14H13ClN4O/c1-9-2-4-10(5-3-9)20-8-13-17-14-6-11(15)12(16)7-19(14)18-13/h2-7H,8,16H2,1H3. The highest BCUT2D eigenvalue weighted by molar-refractivity contribution is 6.33. The summed E-state index contributed by atoms with van der Waals surface area (Å²) < 4.78 is 7.23. The van der Waals surface area contributed by atoms with E-state index in [1.165, 1.54) is 5.56 Å². The van der Waals surface area contributed by atoms with Crippen LogP contribution in [0.25, 0.3) is 5.65 Å². The van der Waals surface area contributed by atoms with Gasteiger partial charge in [-0.15, -0.1) is 5.10 Å². The fourth-order valence-electron chi connectivity index (χ4n) is 1.81. The molecule has 0 saturated carbocycles. The van der Waals surface area contributed by atoms with Crippen LogP contribution >= 0.6 is 11.6 Å². The van der Waals surface area contributed by atoms with Gasteiger partial charge in [-0.1, -0.05) is 29.3 Å². The minimum atomic E-state index is 0.294. The highest BCUT2D eigenvalue weighted by atomic mass is 35.5. The molecule has 2 aromatic heterocycles. The molecule has 5 nitrogen and oxygen atoms in total. The second-order valence-electron chi connectivity index (χ2n) is 4.51. The lowest BCUT2D eigenvalue weighted by Gasteiger charge is -2.03. The number of hydrogen-bond acceptors (Lipinski definition) is 4. The third-order valence-corrected chi connectivity index (χ3v) is 3.21. The molecule has 0 saturated heterocycles. The number of hydrogen-bond donors (Lipinski definition) is 1. The Morgan fingerprint density at radius 2 is 2.05 bits per heavy atom. The van der Waals surface area contributed by atoms with Crippen LogP contribution < -0.4 is 10.5 Å². The van der Waals surface area contributed by atoms with Gasteiger partial charge < -0.3 is 10.5 Å². The first-order valence-corrected chi connectivity index (χ1v) is 6.49. The second kappa shape index (κ2) is 5.02. The number of nitrogen functional groups attached to an aromatic ring is 1. The lowest BCUT2D eigenvalue weighted by atomic mass is 10.2. The second-order valence-corrected chi connectivity index (χ2v) is 4.92. The van der Waals surface area contributed by atoms with Crippen molar-refractivity contribution < 1.29 is 4.74 Å². The van der Waals surface area contributed by atoms with Crippen molar-refractivity contribution >= 4 is 22.9 Å². The summed E-state index contributed by atoms with van der Waals surface area (Å²) in [5.74, 6) is 1.36. The van der Waals surface area contributed by atoms with Gasteiger partial charge in [0, 0.05) is 6.07 Å². The molecule has 1 aromatic carbocycles. The van der Waals surface area contributed by atoms with Crippen LogP contribution in [0.5, 0.6) is 5.75 Å². The molecule has 0 bridgehead atoms. The molecule has 6 heteroatoms. The predicted molar refractivity (Wildman–Crippen MR) is 77.9 cm³/mol. The Kier molecular flexibility index (Phi) is 3.20. The zero-order chi connectivity index (χ0) is 14.1. The van der Waals surface area contributed by atoms with E-state index in [1.54, 1.807) is 16.8 Å². The molecule has 0 aliphatic carbocycles. The first-order chi connectivity index (χ1) is 9.61. The Balaban J connectivity index is 1.79. The van der Waals surface area contributed by atoms with Gasteiger partial charge in [-0.05, 0) is 19.1 Å². The normalized spacial score (nSPS) is 10.9. The van der Waals surface area contributed by atoms with Crippen molar-refractivity contribution in [1.29, 1.82) is 0 Å². The average molecular weight is 289 g/mol. The Labute approximate surface area is 121 Å². The van der Waals surface area contributed by atoms with Crippen molar-refractivity contribution in [3.63, 3.8) is 0 Å². The smallest absolute Gasteiger partial charge is 0.189 e. The van der Waals surface area contributed by atoms with Gasteiger partial charge in [0.1, 0.15) is 12.4 Å². The fourth-order valence-corrected chi connectivity index (χ4v) is 1.95. The zero-order valence-electron chi connectivity index (χ0n) is 10.9. The molecule has 3 rings (SSSR count). The Hall–Kier alpha value is -2.27. The van der Waals surface area contributed by atoms with Crippen molar-refractivity contribution in [2.75, 3.05) is 5.73 Å². The number of ether oxygens (including phenoxy) is 1. The van der Waals surface area contributed by atoms with Gasteiger partial charge in [0.05, 0.1) is 16.9 Å². The van der Waals surface area contributed by atoms with Gasteiger partial charge in [0.25, 0.3) is 0 Å². The van der Waals surface area contributed by atoms with E-state index in [0.29, 0.717) is 28.8 Å². The van der Waals surface area contributed by atoms with E-state index in [9.17, 15) is 0 Å². The van der Waals surface area contributed by atoms with E-state index >= 15 is 0 Å². The molecular weight excluding hydrogens is 276 g/mol. The van der Waals surface area contributed by atoms with Crippen molar-refractivity contribution in [2.45, 2.75) is 13.5 Å². The topological polar surface area (TPSA) is 65.4 Å². The fraction of sp³-hybridized carbons (Fsp3) is 0.143. The molecule has 0 fully saturated rings. The molecule has 0 unspecified atom stereocenters. The van der Waals surface area contributed by atoms with E-state index in [4.69, 9.17) is 22.1 Å². The van der Waals surface area contributed by atoms with Crippen LogP contribution in [0.4, 0.5) is 5.69 Å². The van der Waals surface area contributed by atoms with Crippen LogP contribution in [-0.4, -0.2) is 14.6 Å². The van der Waals surface area contributed by atoms with Crippen LogP contribution in [0, 0.1) is 6.92 Å². The van der Waals surface area contributed by atoms with E-state index in [1.807, 2.05) is 31.2 Å². The van der Waals surface area contributed by atoms with Crippen LogP contribution in [0.2, 0.25) is 5.02 Å².